The summed E-state index contributed by atoms with van der Waals surface area (Å²) in [6, 6.07) is 16.4. The van der Waals surface area contributed by atoms with E-state index in [2.05, 4.69) is 10.2 Å². The van der Waals surface area contributed by atoms with Gasteiger partial charge in [-0.15, -0.1) is 0 Å². The van der Waals surface area contributed by atoms with Crippen LogP contribution in [0.3, 0.4) is 0 Å². The van der Waals surface area contributed by atoms with Crippen molar-refractivity contribution in [1.29, 1.82) is 0 Å². The molecule has 7 heteroatoms. The number of carbonyl (C=O) groups is 1. The molecular formula is C21H27N3O3S. The summed E-state index contributed by atoms with van der Waals surface area (Å²) in [4.78, 5) is 14.6. The second-order valence-electron chi connectivity index (χ2n) is 7.26. The fourth-order valence-electron chi connectivity index (χ4n) is 3.23. The van der Waals surface area contributed by atoms with E-state index in [-0.39, 0.29) is 17.7 Å². The van der Waals surface area contributed by atoms with Gasteiger partial charge in [-0.2, -0.15) is 4.31 Å². The number of likely N-dealkylation sites (N-methyl/N-ethyl adjacent to an activating group) is 1. The first-order chi connectivity index (χ1) is 13.3. The predicted octanol–water partition coefficient (Wildman–Crippen LogP) is 2.25. The SMILES string of the molecule is C[C@H](NC(=O)c1ccc(CS(=O)(=O)N2CCN(C)CC2)cc1)c1ccccc1. The van der Waals surface area contributed by atoms with Crippen LogP contribution in [0.5, 0.6) is 0 Å². The van der Waals surface area contributed by atoms with Crippen LogP contribution in [-0.4, -0.2) is 56.8 Å². The lowest BCUT2D eigenvalue weighted by Crippen LogP contribution is -2.47. The van der Waals surface area contributed by atoms with Gasteiger partial charge in [0.25, 0.3) is 5.91 Å². The normalized spacial score (nSPS) is 17.2. The summed E-state index contributed by atoms with van der Waals surface area (Å²) in [5, 5.41) is 2.97. The Morgan fingerprint density at radius 2 is 1.61 bits per heavy atom. The molecule has 1 aliphatic rings. The number of amides is 1. The number of nitrogens with zero attached hydrogens (tertiary/aromatic N) is 2. The molecule has 1 heterocycles. The van der Waals surface area contributed by atoms with Crippen LogP contribution < -0.4 is 5.32 Å². The Balaban J connectivity index is 1.60. The zero-order valence-electron chi connectivity index (χ0n) is 16.3. The van der Waals surface area contributed by atoms with E-state index in [0.717, 1.165) is 18.7 Å². The van der Waals surface area contributed by atoms with Crippen LogP contribution in [0.2, 0.25) is 0 Å². The number of hydrogen-bond donors (Lipinski definition) is 1. The Labute approximate surface area is 167 Å². The van der Waals surface area contributed by atoms with Crippen LogP contribution in [0.4, 0.5) is 0 Å². The molecule has 2 aromatic carbocycles. The van der Waals surface area contributed by atoms with Gasteiger partial charge in [-0.25, -0.2) is 8.42 Å². The molecule has 28 heavy (non-hydrogen) atoms. The fourth-order valence-corrected chi connectivity index (χ4v) is 4.74. The van der Waals surface area contributed by atoms with Crippen LogP contribution in [0.25, 0.3) is 0 Å². The zero-order valence-corrected chi connectivity index (χ0v) is 17.2. The van der Waals surface area contributed by atoms with E-state index in [9.17, 15) is 13.2 Å². The van der Waals surface area contributed by atoms with E-state index in [4.69, 9.17) is 0 Å². The third-order valence-corrected chi connectivity index (χ3v) is 6.92. The van der Waals surface area contributed by atoms with Crippen molar-refractivity contribution in [2.75, 3.05) is 33.2 Å². The highest BCUT2D eigenvalue weighted by molar-refractivity contribution is 7.88. The smallest absolute Gasteiger partial charge is 0.251 e. The molecule has 0 aromatic heterocycles. The van der Waals surface area contributed by atoms with E-state index in [1.807, 2.05) is 44.3 Å². The van der Waals surface area contributed by atoms with Crippen LogP contribution in [-0.2, 0) is 15.8 Å². The summed E-state index contributed by atoms with van der Waals surface area (Å²) in [5.41, 5.74) is 2.24. The first-order valence-electron chi connectivity index (χ1n) is 9.46. The van der Waals surface area contributed by atoms with Gasteiger partial charge >= 0.3 is 0 Å². The van der Waals surface area contributed by atoms with Crippen molar-refractivity contribution < 1.29 is 13.2 Å². The lowest BCUT2D eigenvalue weighted by Gasteiger charge is -2.31. The Morgan fingerprint density at radius 1 is 1.00 bits per heavy atom. The Hall–Kier alpha value is -2.22. The second-order valence-corrected chi connectivity index (χ2v) is 9.23. The highest BCUT2D eigenvalue weighted by Gasteiger charge is 2.25. The molecular weight excluding hydrogens is 374 g/mol. The average molecular weight is 402 g/mol. The molecule has 3 rings (SSSR count). The summed E-state index contributed by atoms with van der Waals surface area (Å²) < 4.78 is 26.8. The largest absolute Gasteiger partial charge is 0.346 e. The van der Waals surface area contributed by atoms with Gasteiger partial charge in [0.05, 0.1) is 11.8 Å². The molecule has 1 aliphatic heterocycles. The van der Waals surface area contributed by atoms with Crippen molar-refractivity contribution in [3.05, 3.63) is 71.3 Å². The molecule has 1 amide bonds. The number of sulfonamides is 1. The monoisotopic (exact) mass is 401 g/mol. The van der Waals surface area contributed by atoms with E-state index in [0.29, 0.717) is 24.2 Å². The second kappa shape index (κ2) is 8.86. The maximum Gasteiger partial charge on any atom is 0.251 e. The number of hydrogen-bond acceptors (Lipinski definition) is 4. The highest BCUT2D eigenvalue weighted by Crippen LogP contribution is 2.16. The van der Waals surface area contributed by atoms with Gasteiger partial charge in [0.2, 0.25) is 10.0 Å². The molecule has 1 saturated heterocycles. The highest BCUT2D eigenvalue weighted by atomic mass is 32.2. The van der Waals surface area contributed by atoms with Crippen molar-refractivity contribution in [2.45, 2.75) is 18.7 Å². The van der Waals surface area contributed by atoms with Crippen LogP contribution in [0, 0.1) is 0 Å². The number of benzene rings is 2. The van der Waals surface area contributed by atoms with Crippen LogP contribution in [0.1, 0.15) is 34.5 Å². The summed E-state index contributed by atoms with van der Waals surface area (Å²) in [5.74, 6) is -0.219. The van der Waals surface area contributed by atoms with Gasteiger partial charge in [-0.05, 0) is 37.2 Å². The molecule has 150 valence electrons. The van der Waals surface area contributed by atoms with Crippen molar-refractivity contribution in [1.82, 2.24) is 14.5 Å². The first kappa shape index (κ1) is 20.5. The van der Waals surface area contributed by atoms with Gasteiger partial charge in [-0.1, -0.05) is 42.5 Å². The molecule has 1 fully saturated rings. The van der Waals surface area contributed by atoms with E-state index in [1.54, 1.807) is 28.6 Å². The van der Waals surface area contributed by atoms with Crippen LogP contribution in [0.15, 0.2) is 54.6 Å². The minimum absolute atomic E-state index is 0.0426. The molecule has 0 bridgehead atoms. The Bertz CT molecular complexity index is 890. The zero-order chi connectivity index (χ0) is 20.1. The fraction of sp³-hybridized carbons (Fsp3) is 0.381. The molecule has 0 radical (unpaired) electrons. The van der Waals surface area contributed by atoms with Crippen molar-refractivity contribution >= 4 is 15.9 Å². The minimum atomic E-state index is -3.34. The summed E-state index contributed by atoms with van der Waals surface area (Å²) in [6.07, 6.45) is 0. The average Bonchev–Trinajstić information content (AvgIpc) is 2.69. The summed E-state index contributed by atoms with van der Waals surface area (Å²) >= 11 is 0. The minimum Gasteiger partial charge on any atom is -0.346 e. The van der Waals surface area contributed by atoms with E-state index in [1.165, 1.54) is 0 Å². The molecule has 0 unspecified atom stereocenters. The molecule has 2 aromatic rings. The van der Waals surface area contributed by atoms with E-state index < -0.39 is 10.0 Å². The molecule has 0 aliphatic carbocycles. The lowest BCUT2D eigenvalue weighted by atomic mass is 10.1. The number of rotatable bonds is 6. The number of nitrogens with one attached hydrogen (secondary N) is 1. The number of carbonyl (C=O) groups excluding carboxylic acids is 1. The number of piperazine rings is 1. The molecule has 0 spiro atoms. The lowest BCUT2D eigenvalue weighted by molar-refractivity contribution is 0.0940. The van der Waals surface area contributed by atoms with Gasteiger partial charge in [0, 0.05) is 31.7 Å². The third-order valence-electron chi connectivity index (χ3n) is 5.07. The van der Waals surface area contributed by atoms with Crippen LogP contribution >= 0.6 is 0 Å². The van der Waals surface area contributed by atoms with Gasteiger partial charge in [-0.3, -0.25) is 4.79 Å². The standard InChI is InChI=1S/C21H27N3O3S/c1-17(19-6-4-3-5-7-19)22-21(25)20-10-8-18(9-11-20)16-28(26,27)24-14-12-23(2)13-15-24/h3-11,17H,12-16H2,1-2H3,(H,22,25)/t17-/m0/s1. The molecule has 1 atom stereocenters. The quantitative estimate of drug-likeness (QED) is 0.806. The Kier molecular flexibility index (Phi) is 6.49. The van der Waals surface area contributed by atoms with E-state index >= 15 is 0 Å². The van der Waals surface area contributed by atoms with Crippen molar-refractivity contribution in [3.8, 4) is 0 Å². The maximum absolute atomic E-state index is 12.6. The first-order valence-corrected chi connectivity index (χ1v) is 11.1. The van der Waals surface area contributed by atoms with Gasteiger partial charge in [0.15, 0.2) is 0 Å². The maximum atomic E-state index is 12.6. The predicted molar refractivity (Wildman–Crippen MR) is 110 cm³/mol. The Morgan fingerprint density at radius 3 is 2.21 bits per heavy atom. The summed E-state index contributed by atoms with van der Waals surface area (Å²) in [7, 11) is -1.35. The van der Waals surface area contributed by atoms with Crippen molar-refractivity contribution in [3.63, 3.8) is 0 Å². The molecule has 0 saturated carbocycles. The molecule has 6 nitrogen and oxygen atoms in total. The van der Waals surface area contributed by atoms with Gasteiger partial charge in [0.1, 0.15) is 0 Å². The summed E-state index contributed by atoms with van der Waals surface area (Å²) in [6.45, 7) is 4.48. The molecule has 1 N–H and O–H groups in total. The third kappa shape index (κ3) is 5.19. The van der Waals surface area contributed by atoms with Gasteiger partial charge < -0.3 is 10.2 Å². The van der Waals surface area contributed by atoms with Crippen molar-refractivity contribution in [2.24, 2.45) is 0 Å². The topological polar surface area (TPSA) is 69.7 Å².